The predicted molar refractivity (Wildman–Crippen MR) is 132 cm³/mol. The Morgan fingerprint density at radius 1 is 0.647 bits per heavy atom. The fraction of sp³-hybridized carbons (Fsp3) is 0.333. The van der Waals surface area contributed by atoms with Crippen molar-refractivity contribution in [3.8, 4) is 0 Å². The molecule has 2 atom stereocenters. The lowest BCUT2D eigenvalue weighted by molar-refractivity contribution is 0.485. The number of nitrogens with zero attached hydrogens (tertiary/aromatic N) is 2. The Morgan fingerprint density at radius 3 is 1.35 bits per heavy atom. The molecular formula is C24H28N4O4S2. The predicted octanol–water partition coefficient (Wildman–Crippen LogP) is 3.65. The third kappa shape index (κ3) is 5.39. The number of benzene rings is 2. The van der Waals surface area contributed by atoms with Gasteiger partial charge in [-0.3, -0.25) is 0 Å². The Kier molecular flexibility index (Phi) is 6.90. The number of sulfonamides is 2. The summed E-state index contributed by atoms with van der Waals surface area (Å²) < 4.78 is 50.6. The van der Waals surface area contributed by atoms with Crippen molar-refractivity contribution in [2.75, 3.05) is 0 Å². The van der Waals surface area contributed by atoms with Gasteiger partial charge in [-0.2, -0.15) is 27.0 Å². The van der Waals surface area contributed by atoms with Crippen LogP contribution in [0.25, 0.3) is 0 Å². The summed E-state index contributed by atoms with van der Waals surface area (Å²) in [5.41, 5.74) is 3.45. The zero-order chi connectivity index (χ0) is 24.3. The van der Waals surface area contributed by atoms with Crippen LogP contribution in [0, 0.1) is 25.7 Å². The number of allylic oxidation sites excluding steroid dienone is 2. The molecule has 0 saturated heterocycles. The molecule has 2 unspecified atom stereocenters. The highest BCUT2D eigenvalue weighted by Gasteiger charge is 2.35. The summed E-state index contributed by atoms with van der Waals surface area (Å²) >= 11 is 0. The highest BCUT2D eigenvalue weighted by Crippen LogP contribution is 2.35. The average molecular weight is 501 g/mol. The van der Waals surface area contributed by atoms with E-state index in [0.717, 1.165) is 22.6 Å². The van der Waals surface area contributed by atoms with E-state index in [9.17, 15) is 16.8 Å². The average Bonchev–Trinajstić information content (AvgIpc) is 2.82. The lowest BCUT2D eigenvalue weighted by Crippen LogP contribution is -2.39. The maximum Gasteiger partial charge on any atom is 0.276 e. The maximum absolute atomic E-state index is 12.6. The van der Waals surface area contributed by atoms with Gasteiger partial charge in [-0.15, -0.1) is 0 Å². The summed E-state index contributed by atoms with van der Waals surface area (Å²) in [5.74, 6) is -0.0795. The first-order valence-corrected chi connectivity index (χ1v) is 14.1. The van der Waals surface area contributed by atoms with Crippen LogP contribution in [0.2, 0.25) is 0 Å². The summed E-state index contributed by atoms with van der Waals surface area (Å²) in [4.78, 5) is 5.08. The second kappa shape index (κ2) is 9.71. The minimum atomic E-state index is -3.77. The van der Waals surface area contributed by atoms with Gasteiger partial charge < -0.3 is 0 Å². The molecule has 0 spiro atoms. The van der Waals surface area contributed by atoms with E-state index in [2.05, 4.69) is 19.9 Å². The summed E-state index contributed by atoms with van der Waals surface area (Å²) in [6, 6.07) is 13.2. The summed E-state index contributed by atoms with van der Waals surface area (Å²) in [6.07, 6.45) is 6.47. The van der Waals surface area contributed by atoms with Gasteiger partial charge in [0.2, 0.25) is 0 Å². The quantitative estimate of drug-likeness (QED) is 0.465. The van der Waals surface area contributed by atoms with Gasteiger partial charge in [0.25, 0.3) is 20.0 Å². The van der Waals surface area contributed by atoms with Crippen molar-refractivity contribution >= 4 is 31.5 Å². The minimum absolute atomic E-state index is 0.0397. The molecule has 0 radical (unpaired) electrons. The number of fused-ring (bicyclic) bond motifs is 1. The zero-order valence-corrected chi connectivity index (χ0v) is 20.7. The molecule has 0 amide bonds. The summed E-state index contributed by atoms with van der Waals surface area (Å²) in [5, 5.41) is 8.58. The highest BCUT2D eigenvalue weighted by atomic mass is 32.2. The van der Waals surface area contributed by atoms with E-state index in [0.29, 0.717) is 25.7 Å². The molecular weight excluding hydrogens is 472 g/mol. The lowest BCUT2D eigenvalue weighted by Gasteiger charge is -2.35. The van der Waals surface area contributed by atoms with Crippen LogP contribution in [0.5, 0.6) is 0 Å². The van der Waals surface area contributed by atoms with E-state index in [1.807, 2.05) is 26.0 Å². The molecule has 2 aromatic rings. The molecule has 0 aromatic heterocycles. The number of hydrogen-bond acceptors (Lipinski definition) is 6. The number of hydrogen-bond donors (Lipinski definition) is 2. The standard InChI is InChI=1S/C24H28N4O4S2/c1-17-7-11-19(12-8-17)33(29,30)27-25-23-15-16-24(22-6-4-3-5-21(22)23)26-28-34(31,32)20-13-9-18(2)10-14-20/h3-4,7-14,21-22,27-28H,5-6,15-16H2,1-2H3. The zero-order valence-electron chi connectivity index (χ0n) is 19.1. The SMILES string of the molecule is Cc1ccc(S(=O)(=O)NN=C2CCC(=NNS(=O)(=O)c3ccc(C)cc3)C3CC=CCC23)cc1. The van der Waals surface area contributed by atoms with E-state index in [-0.39, 0.29) is 21.6 Å². The first-order valence-electron chi connectivity index (χ1n) is 11.1. The monoisotopic (exact) mass is 500 g/mol. The van der Waals surface area contributed by atoms with Crippen molar-refractivity contribution in [2.24, 2.45) is 22.0 Å². The van der Waals surface area contributed by atoms with E-state index in [1.54, 1.807) is 48.5 Å². The smallest absolute Gasteiger partial charge is 0.200 e. The number of aryl methyl sites for hydroxylation is 2. The first kappa shape index (κ1) is 24.2. The molecule has 2 aliphatic rings. The van der Waals surface area contributed by atoms with Gasteiger partial charge in [-0.1, -0.05) is 47.5 Å². The van der Waals surface area contributed by atoms with Crippen molar-refractivity contribution in [1.82, 2.24) is 9.66 Å². The molecule has 2 aromatic carbocycles. The topological polar surface area (TPSA) is 117 Å². The second-order valence-electron chi connectivity index (χ2n) is 8.68. The van der Waals surface area contributed by atoms with Crippen LogP contribution in [-0.2, 0) is 20.0 Å². The number of nitrogens with one attached hydrogen (secondary N) is 2. The van der Waals surface area contributed by atoms with Crippen molar-refractivity contribution < 1.29 is 16.8 Å². The molecule has 0 aliphatic heterocycles. The Balaban J connectivity index is 1.51. The first-order chi connectivity index (χ1) is 16.2. The molecule has 2 N–H and O–H groups in total. The number of rotatable bonds is 6. The van der Waals surface area contributed by atoms with Gasteiger partial charge in [0.05, 0.1) is 9.79 Å². The van der Waals surface area contributed by atoms with E-state index in [4.69, 9.17) is 0 Å². The maximum atomic E-state index is 12.6. The van der Waals surface area contributed by atoms with Crippen molar-refractivity contribution in [3.63, 3.8) is 0 Å². The van der Waals surface area contributed by atoms with Crippen LogP contribution < -0.4 is 9.66 Å². The third-order valence-corrected chi connectivity index (χ3v) is 8.66. The fourth-order valence-electron chi connectivity index (χ4n) is 4.23. The van der Waals surface area contributed by atoms with Crippen LogP contribution in [0.1, 0.15) is 36.8 Å². The number of hydrazone groups is 2. The fourth-order valence-corrected chi connectivity index (χ4v) is 5.91. The molecule has 1 saturated carbocycles. The van der Waals surface area contributed by atoms with Gasteiger partial charge in [-0.05, 0) is 63.8 Å². The van der Waals surface area contributed by atoms with Crippen LogP contribution >= 0.6 is 0 Å². The minimum Gasteiger partial charge on any atom is -0.200 e. The van der Waals surface area contributed by atoms with Crippen molar-refractivity contribution in [2.45, 2.75) is 49.3 Å². The van der Waals surface area contributed by atoms with Gasteiger partial charge in [-0.25, -0.2) is 9.66 Å². The van der Waals surface area contributed by atoms with Crippen LogP contribution in [0.15, 0.2) is 80.7 Å². The van der Waals surface area contributed by atoms with Gasteiger partial charge in [0.15, 0.2) is 0 Å². The molecule has 1 fully saturated rings. The normalized spacial score (nSPS) is 23.0. The van der Waals surface area contributed by atoms with E-state index in [1.165, 1.54) is 0 Å². The second-order valence-corrected chi connectivity index (χ2v) is 12.0. The lowest BCUT2D eigenvalue weighted by atomic mass is 9.71. The highest BCUT2D eigenvalue weighted by molar-refractivity contribution is 7.89. The van der Waals surface area contributed by atoms with E-state index < -0.39 is 20.0 Å². The largest absolute Gasteiger partial charge is 0.276 e. The molecule has 0 bridgehead atoms. The summed E-state index contributed by atoms with van der Waals surface area (Å²) in [7, 11) is -7.54. The molecule has 8 nitrogen and oxygen atoms in total. The summed E-state index contributed by atoms with van der Waals surface area (Å²) in [6.45, 7) is 3.78. The Hall–Kier alpha value is -2.98. The van der Waals surface area contributed by atoms with Gasteiger partial charge >= 0.3 is 0 Å². The Bertz CT molecular complexity index is 1240. The van der Waals surface area contributed by atoms with Gasteiger partial charge in [0, 0.05) is 23.3 Å². The van der Waals surface area contributed by atoms with Crippen molar-refractivity contribution in [3.05, 3.63) is 71.8 Å². The molecule has 34 heavy (non-hydrogen) atoms. The molecule has 0 heterocycles. The molecule has 4 rings (SSSR count). The van der Waals surface area contributed by atoms with Crippen molar-refractivity contribution in [1.29, 1.82) is 0 Å². The van der Waals surface area contributed by atoms with E-state index >= 15 is 0 Å². The Labute approximate surface area is 201 Å². The molecule has 2 aliphatic carbocycles. The van der Waals surface area contributed by atoms with Gasteiger partial charge in [0.1, 0.15) is 0 Å². The van der Waals surface area contributed by atoms with Crippen LogP contribution in [0.4, 0.5) is 0 Å². The molecule has 10 heteroatoms. The van der Waals surface area contributed by atoms with Crippen LogP contribution in [-0.4, -0.2) is 28.3 Å². The van der Waals surface area contributed by atoms with Crippen LogP contribution in [0.3, 0.4) is 0 Å². The molecule has 180 valence electrons. The Morgan fingerprint density at radius 2 is 1.00 bits per heavy atom. The third-order valence-electron chi connectivity index (χ3n) is 6.21.